The molecule has 0 fully saturated rings. The van der Waals surface area contributed by atoms with E-state index in [1.165, 1.54) is 6.20 Å². The number of aromatic nitrogens is 1. The van der Waals surface area contributed by atoms with Gasteiger partial charge in [0.05, 0.1) is 17.6 Å². The molecule has 1 aromatic heterocycles. The second-order valence-electron chi connectivity index (χ2n) is 4.35. The molecule has 0 aliphatic heterocycles. The second-order valence-corrected chi connectivity index (χ2v) is 6.94. The molecule has 0 saturated heterocycles. The van der Waals surface area contributed by atoms with Crippen molar-refractivity contribution >= 4 is 26.0 Å². The van der Waals surface area contributed by atoms with Crippen LogP contribution in [0.25, 0.3) is 0 Å². The fourth-order valence-corrected chi connectivity index (χ4v) is 3.83. The Kier molecular flexibility index (Phi) is 5.51. The molecule has 8 heteroatoms. The Labute approximate surface area is 132 Å². The topological polar surface area (TPSA) is 84.2 Å². The van der Waals surface area contributed by atoms with E-state index in [1.807, 2.05) is 6.92 Å². The maximum atomic E-state index is 12.3. The highest BCUT2D eigenvalue weighted by Gasteiger charge is 2.18. The zero-order valence-electron chi connectivity index (χ0n) is 11.5. The van der Waals surface area contributed by atoms with Gasteiger partial charge in [-0.05, 0) is 40.2 Å². The molecule has 0 bridgehead atoms. The monoisotopic (exact) mass is 373 g/mol. The molecule has 21 heavy (non-hydrogen) atoms. The fourth-order valence-electron chi connectivity index (χ4n) is 1.72. The number of sulfonamides is 1. The first-order valence-electron chi connectivity index (χ1n) is 6.41. The van der Waals surface area contributed by atoms with Crippen molar-refractivity contribution in [1.29, 1.82) is 0 Å². The Hall–Kier alpha value is -1.22. The molecule has 0 radical (unpaired) electrons. The lowest BCUT2D eigenvalue weighted by molar-refractivity contribution is 0.380. The summed E-state index contributed by atoms with van der Waals surface area (Å²) in [6.07, 6.45) is 1.47. The minimum atomic E-state index is -3.61. The Morgan fingerprint density at radius 3 is 2.71 bits per heavy atom. The van der Waals surface area contributed by atoms with Gasteiger partial charge in [0, 0.05) is 17.1 Å². The molecule has 0 aliphatic rings. The minimum absolute atomic E-state index is 0.0634. The van der Waals surface area contributed by atoms with Crippen LogP contribution in [-0.4, -0.2) is 20.1 Å². The quantitative estimate of drug-likeness (QED) is 0.775. The van der Waals surface area contributed by atoms with Crippen LogP contribution in [0.5, 0.6) is 0 Å². The fraction of sp³-hybridized carbons (Fsp3) is 0.308. The zero-order chi connectivity index (χ0) is 15.3. The first-order chi connectivity index (χ1) is 10.0. The lowest BCUT2D eigenvalue weighted by atomic mass is 10.2. The van der Waals surface area contributed by atoms with Crippen molar-refractivity contribution in [3.8, 4) is 0 Å². The Balaban J connectivity index is 2.12. The van der Waals surface area contributed by atoms with Crippen LogP contribution in [0.3, 0.4) is 0 Å². The Morgan fingerprint density at radius 1 is 1.29 bits per heavy atom. The normalized spacial score (nSPS) is 11.7. The van der Waals surface area contributed by atoms with Crippen molar-refractivity contribution in [2.75, 3.05) is 6.54 Å². The average molecular weight is 374 g/mol. The van der Waals surface area contributed by atoms with E-state index in [2.05, 4.69) is 31.1 Å². The average Bonchev–Trinajstić information content (AvgIpc) is 2.96. The SMILES string of the molecule is CCNCc1ccc(S(=O)(=O)NCc2ccno2)c(Br)c1. The van der Waals surface area contributed by atoms with Crippen molar-refractivity contribution in [2.45, 2.75) is 24.9 Å². The molecule has 0 amide bonds. The molecule has 1 aromatic carbocycles. The summed E-state index contributed by atoms with van der Waals surface area (Å²) in [5.74, 6) is 0.457. The van der Waals surface area contributed by atoms with Gasteiger partial charge in [0.2, 0.25) is 10.0 Å². The summed E-state index contributed by atoms with van der Waals surface area (Å²) < 4.78 is 32.4. The van der Waals surface area contributed by atoms with E-state index in [0.717, 1.165) is 12.1 Å². The van der Waals surface area contributed by atoms with Crippen molar-refractivity contribution in [3.63, 3.8) is 0 Å². The number of halogens is 1. The summed E-state index contributed by atoms with van der Waals surface area (Å²) in [4.78, 5) is 0.197. The number of nitrogens with one attached hydrogen (secondary N) is 2. The summed E-state index contributed by atoms with van der Waals surface area (Å²) in [6.45, 7) is 3.63. The van der Waals surface area contributed by atoms with Gasteiger partial charge >= 0.3 is 0 Å². The number of rotatable bonds is 7. The molecule has 0 atom stereocenters. The third kappa shape index (κ3) is 4.37. The van der Waals surface area contributed by atoms with Gasteiger partial charge in [0.15, 0.2) is 5.76 Å². The molecular weight excluding hydrogens is 358 g/mol. The maximum absolute atomic E-state index is 12.3. The predicted molar refractivity (Wildman–Crippen MR) is 82.1 cm³/mol. The van der Waals surface area contributed by atoms with Crippen LogP contribution in [0.15, 0.2) is 44.4 Å². The van der Waals surface area contributed by atoms with Crippen LogP contribution in [0, 0.1) is 0 Å². The van der Waals surface area contributed by atoms with E-state index in [1.54, 1.807) is 24.3 Å². The van der Waals surface area contributed by atoms with Crippen LogP contribution in [0.2, 0.25) is 0 Å². The van der Waals surface area contributed by atoms with E-state index in [9.17, 15) is 8.42 Å². The molecule has 0 saturated carbocycles. The van der Waals surface area contributed by atoms with Gasteiger partial charge in [-0.2, -0.15) is 0 Å². The third-order valence-electron chi connectivity index (χ3n) is 2.79. The van der Waals surface area contributed by atoms with E-state index in [4.69, 9.17) is 4.52 Å². The van der Waals surface area contributed by atoms with Crippen LogP contribution in [-0.2, 0) is 23.1 Å². The van der Waals surface area contributed by atoms with E-state index in [-0.39, 0.29) is 11.4 Å². The van der Waals surface area contributed by atoms with E-state index in [0.29, 0.717) is 16.8 Å². The number of hydrogen-bond acceptors (Lipinski definition) is 5. The van der Waals surface area contributed by atoms with Crippen molar-refractivity contribution in [3.05, 3.63) is 46.3 Å². The van der Waals surface area contributed by atoms with Crippen molar-refractivity contribution < 1.29 is 12.9 Å². The molecule has 0 spiro atoms. The molecule has 0 unspecified atom stereocenters. The molecular formula is C13H16BrN3O3S. The highest BCUT2D eigenvalue weighted by Crippen LogP contribution is 2.23. The van der Waals surface area contributed by atoms with Gasteiger partial charge in [-0.3, -0.25) is 0 Å². The summed E-state index contributed by atoms with van der Waals surface area (Å²) >= 11 is 3.31. The highest BCUT2D eigenvalue weighted by molar-refractivity contribution is 9.10. The highest BCUT2D eigenvalue weighted by atomic mass is 79.9. The maximum Gasteiger partial charge on any atom is 0.242 e. The standard InChI is InChI=1S/C13H16BrN3O3S/c1-2-15-8-10-3-4-13(12(14)7-10)21(18,19)17-9-11-5-6-16-20-11/h3-7,15,17H,2,8-9H2,1H3. The largest absolute Gasteiger partial charge is 0.360 e. The first-order valence-corrected chi connectivity index (χ1v) is 8.69. The molecule has 0 aliphatic carbocycles. The summed E-state index contributed by atoms with van der Waals surface area (Å²) in [5, 5.41) is 6.72. The third-order valence-corrected chi connectivity index (χ3v) is 5.17. The predicted octanol–water partition coefficient (Wildman–Crippen LogP) is 2.03. The number of benzene rings is 1. The lowest BCUT2D eigenvalue weighted by Gasteiger charge is -2.09. The minimum Gasteiger partial charge on any atom is -0.360 e. The first kappa shape index (κ1) is 16.2. The smallest absolute Gasteiger partial charge is 0.242 e. The summed E-state index contributed by atoms with van der Waals surface area (Å²) in [7, 11) is -3.61. The Bertz CT molecular complexity index is 687. The molecule has 1 heterocycles. The Morgan fingerprint density at radius 2 is 2.10 bits per heavy atom. The van der Waals surface area contributed by atoms with Crippen molar-refractivity contribution in [1.82, 2.24) is 15.2 Å². The molecule has 2 N–H and O–H groups in total. The van der Waals surface area contributed by atoms with Gasteiger partial charge in [-0.15, -0.1) is 0 Å². The van der Waals surface area contributed by atoms with Crippen LogP contribution < -0.4 is 10.0 Å². The van der Waals surface area contributed by atoms with Gasteiger partial charge in [0.1, 0.15) is 0 Å². The van der Waals surface area contributed by atoms with Gasteiger partial charge < -0.3 is 9.84 Å². The molecule has 2 rings (SSSR count). The molecule has 114 valence electrons. The zero-order valence-corrected chi connectivity index (χ0v) is 13.9. The van der Waals surface area contributed by atoms with Crippen LogP contribution in [0.1, 0.15) is 18.2 Å². The second kappa shape index (κ2) is 7.17. The van der Waals surface area contributed by atoms with Crippen molar-refractivity contribution in [2.24, 2.45) is 0 Å². The summed E-state index contributed by atoms with van der Waals surface area (Å²) in [5.41, 5.74) is 1.01. The van der Waals surface area contributed by atoms with Gasteiger partial charge in [0.25, 0.3) is 0 Å². The number of hydrogen-bond donors (Lipinski definition) is 2. The van der Waals surface area contributed by atoms with Gasteiger partial charge in [-0.25, -0.2) is 13.1 Å². The number of nitrogens with zero attached hydrogens (tertiary/aromatic N) is 1. The van der Waals surface area contributed by atoms with E-state index >= 15 is 0 Å². The summed E-state index contributed by atoms with van der Waals surface area (Å²) in [6, 6.07) is 6.78. The van der Waals surface area contributed by atoms with Crippen LogP contribution >= 0.6 is 15.9 Å². The van der Waals surface area contributed by atoms with Crippen LogP contribution in [0.4, 0.5) is 0 Å². The van der Waals surface area contributed by atoms with E-state index < -0.39 is 10.0 Å². The molecule has 6 nitrogen and oxygen atoms in total. The lowest BCUT2D eigenvalue weighted by Crippen LogP contribution is -2.23. The molecule has 2 aromatic rings. The van der Waals surface area contributed by atoms with Gasteiger partial charge in [-0.1, -0.05) is 18.1 Å².